The van der Waals surface area contributed by atoms with Crippen LogP contribution in [-0.4, -0.2) is 20.5 Å². The molecule has 0 fully saturated rings. The summed E-state index contributed by atoms with van der Waals surface area (Å²) in [5.41, 5.74) is 0.928. The van der Waals surface area contributed by atoms with E-state index in [1.165, 1.54) is 25.3 Å². The van der Waals surface area contributed by atoms with E-state index in [9.17, 15) is 8.42 Å². The molecule has 9 heteroatoms. The van der Waals surface area contributed by atoms with Crippen LogP contribution in [0.15, 0.2) is 22.4 Å². The zero-order valence-electron chi connectivity index (χ0n) is 11.0. The molecule has 0 aliphatic rings. The van der Waals surface area contributed by atoms with Gasteiger partial charge in [-0.05, 0) is 19.1 Å². The van der Waals surface area contributed by atoms with Gasteiger partial charge in [-0.15, -0.1) is 0 Å². The third kappa shape index (κ3) is 3.26. The minimum Gasteiger partial charge on any atom is -0.495 e. The van der Waals surface area contributed by atoms with Gasteiger partial charge in [-0.25, -0.2) is 13.4 Å². The Hall–Kier alpha value is -1.82. The number of ether oxygens (including phenoxy) is 1. The topological polar surface area (TPSA) is 92.1 Å². The molecule has 0 aliphatic heterocycles. The molecule has 1 aromatic carbocycles. The number of anilines is 1. The number of rotatable bonds is 4. The van der Waals surface area contributed by atoms with Crippen molar-refractivity contribution in [1.29, 1.82) is 5.26 Å². The third-order valence-corrected chi connectivity index (χ3v) is 5.78. The molecule has 2 rings (SSSR count). The van der Waals surface area contributed by atoms with Crippen molar-refractivity contribution in [3.63, 3.8) is 0 Å². The Morgan fingerprint density at radius 3 is 2.71 bits per heavy atom. The van der Waals surface area contributed by atoms with E-state index >= 15 is 0 Å². The predicted molar refractivity (Wildman–Crippen MR) is 80.4 cm³/mol. The van der Waals surface area contributed by atoms with Gasteiger partial charge in [-0.1, -0.05) is 22.9 Å². The van der Waals surface area contributed by atoms with E-state index in [1.807, 2.05) is 6.07 Å². The molecule has 21 heavy (non-hydrogen) atoms. The lowest BCUT2D eigenvalue weighted by Gasteiger charge is -2.11. The maximum atomic E-state index is 12.3. The van der Waals surface area contributed by atoms with E-state index in [0.29, 0.717) is 11.3 Å². The first kappa shape index (κ1) is 15.6. The summed E-state index contributed by atoms with van der Waals surface area (Å²) in [7, 11) is -2.42. The van der Waals surface area contributed by atoms with Crippen molar-refractivity contribution < 1.29 is 13.2 Å². The summed E-state index contributed by atoms with van der Waals surface area (Å²) in [5, 5.41) is 8.83. The van der Waals surface area contributed by atoms with Gasteiger partial charge < -0.3 is 4.74 Å². The molecule has 0 unspecified atom stereocenters. The van der Waals surface area contributed by atoms with Crippen LogP contribution in [0.3, 0.4) is 0 Å². The fraction of sp³-hybridized carbons (Fsp3) is 0.167. The molecule has 2 aromatic rings. The largest absolute Gasteiger partial charge is 0.495 e. The van der Waals surface area contributed by atoms with Crippen molar-refractivity contribution >= 4 is 38.6 Å². The number of nitrogens with one attached hydrogen (secondary N) is 1. The van der Waals surface area contributed by atoms with E-state index in [-0.39, 0.29) is 20.1 Å². The van der Waals surface area contributed by atoms with E-state index in [1.54, 1.807) is 6.92 Å². The average molecular weight is 344 g/mol. The summed E-state index contributed by atoms with van der Waals surface area (Å²) in [6, 6.07) is 6.36. The summed E-state index contributed by atoms with van der Waals surface area (Å²) >= 11 is 6.60. The van der Waals surface area contributed by atoms with Crippen molar-refractivity contribution in [2.45, 2.75) is 11.1 Å². The fourth-order valence-corrected chi connectivity index (χ4v) is 4.45. The average Bonchev–Trinajstić information content (AvgIpc) is 2.78. The van der Waals surface area contributed by atoms with E-state index < -0.39 is 10.0 Å². The highest BCUT2D eigenvalue weighted by atomic mass is 35.5. The van der Waals surface area contributed by atoms with E-state index in [2.05, 4.69) is 9.71 Å². The predicted octanol–water partition coefficient (Wildman–Crippen LogP) is 2.79. The quantitative estimate of drug-likeness (QED) is 0.921. The summed E-state index contributed by atoms with van der Waals surface area (Å²) < 4.78 is 32.4. The maximum Gasteiger partial charge on any atom is 0.273 e. The lowest BCUT2D eigenvalue weighted by molar-refractivity contribution is 0.416. The Balaban J connectivity index is 2.42. The Kier molecular flexibility index (Phi) is 4.37. The van der Waals surface area contributed by atoms with Gasteiger partial charge in [0.25, 0.3) is 10.0 Å². The molecule has 0 amide bonds. The number of hydrogen-bond acceptors (Lipinski definition) is 6. The van der Waals surface area contributed by atoms with Crippen molar-refractivity contribution in [2.24, 2.45) is 0 Å². The number of aryl methyl sites for hydroxylation is 1. The maximum absolute atomic E-state index is 12.3. The van der Waals surface area contributed by atoms with Crippen molar-refractivity contribution in [3.05, 3.63) is 33.9 Å². The molecule has 6 nitrogen and oxygen atoms in total. The molecule has 1 heterocycles. The highest BCUT2D eigenvalue weighted by Crippen LogP contribution is 2.31. The summed E-state index contributed by atoms with van der Waals surface area (Å²) in [4.78, 5) is 3.88. The zero-order valence-corrected chi connectivity index (χ0v) is 13.4. The van der Waals surface area contributed by atoms with E-state index in [4.69, 9.17) is 21.6 Å². The van der Waals surface area contributed by atoms with Crippen molar-refractivity contribution in [2.75, 3.05) is 11.8 Å². The normalized spacial score (nSPS) is 11.0. The molecule has 1 aromatic heterocycles. The molecule has 1 N–H and O–H groups in total. The molecule has 0 spiro atoms. The van der Waals surface area contributed by atoms with Crippen LogP contribution < -0.4 is 9.46 Å². The summed E-state index contributed by atoms with van der Waals surface area (Å²) in [6.45, 7) is 1.56. The van der Waals surface area contributed by atoms with Gasteiger partial charge >= 0.3 is 0 Å². The molecular formula is C12H10ClN3O3S2. The van der Waals surface area contributed by atoms with E-state index in [0.717, 1.165) is 11.3 Å². The van der Waals surface area contributed by atoms with Crippen molar-refractivity contribution in [3.8, 4) is 11.8 Å². The highest BCUT2D eigenvalue weighted by Gasteiger charge is 2.23. The fourth-order valence-electron chi connectivity index (χ4n) is 1.64. The Labute approximate surface area is 131 Å². The first-order valence-corrected chi connectivity index (χ1v) is 8.29. The van der Waals surface area contributed by atoms with Gasteiger partial charge in [-0.2, -0.15) is 5.26 Å². The van der Waals surface area contributed by atoms with Crippen LogP contribution in [0.1, 0.15) is 11.3 Å². The molecule has 0 radical (unpaired) electrons. The van der Waals surface area contributed by atoms with Gasteiger partial charge in [0, 0.05) is 6.07 Å². The molecule has 0 atom stereocenters. The van der Waals surface area contributed by atoms with Crippen LogP contribution in [0.25, 0.3) is 0 Å². The minimum atomic E-state index is -3.82. The van der Waals surface area contributed by atoms with Gasteiger partial charge in [0.15, 0.2) is 8.68 Å². The minimum absolute atomic E-state index is 0.0407. The highest BCUT2D eigenvalue weighted by molar-refractivity contribution is 7.94. The van der Waals surface area contributed by atoms with Crippen LogP contribution in [0, 0.1) is 18.3 Å². The van der Waals surface area contributed by atoms with Crippen LogP contribution in [0.5, 0.6) is 5.75 Å². The van der Waals surface area contributed by atoms with Gasteiger partial charge in [0.05, 0.1) is 30.1 Å². The monoisotopic (exact) mass is 343 g/mol. The van der Waals surface area contributed by atoms with Crippen LogP contribution in [0.4, 0.5) is 5.69 Å². The molecule has 0 saturated heterocycles. The number of nitriles is 1. The first-order chi connectivity index (χ1) is 9.87. The van der Waals surface area contributed by atoms with Gasteiger partial charge in [0.1, 0.15) is 5.75 Å². The summed E-state index contributed by atoms with van der Waals surface area (Å²) in [5.74, 6) is 0.255. The second-order valence-electron chi connectivity index (χ2n) is 3.97. The standard InChI is InChI=1S/C12H10ClN3O3S2/c1-7-11(20-12(13)15-7)21(17,18)16-9-4-3-8(6-14)5-10(9)19-2/h3-5,16H,1-2H3. The smallest absolute Gasteiger partial charge is 0.273 e. The second kappa shape index (κ2) is 5.89. The second-order valence-corrected chi connectivity index (χ2v) is 7.43. The number of hydrogen-bond donors (Lipinski definition) is 1. The lowest BCUT2D eigenvalue weighted by atomic mass is 10.2. The number of aromatic nitrogens is 1. The SMILES string of the molecule is COc1cc(C#N)ccc1NS(=O)(=O)c1sc(Cl)nc1C. The number of benzene rings is 1. The molecular weight excluding hydrogens is 334 g/mol. The van der Waals surface area contributed by atoms with Crippen molar-refractivity contribution in [1.82, 2.24) is 4.98 Å². The summed E-state index contributed by atoms with van der Waals surface area (Å²) in [6.07, 6.45) is 0. The van der Waals surface area contributed by atoms with Crippen LogP contribution in [0.2, 0.25) is 4.47 Å². The van der Waals surface area contributed by atoms with Gasteiger partial charge in [0.2, 0.25) is 0 Å². The Morgan fingerprint density at radius 1 is 1.48 bits per heavy atom. The van der Waals surface area contributed by atoms with Gasteiger partial charge in [-0.3, -0.25) is 4.72 Å². The lowest BCUT2D eigenvalue weighted by Crippen LogP contribution is -2.13. The third-order valence-electron chi connectivity index (χ3n) is 2.55. The molecule has 0 aliphatic carbocycles. The molecule has 0 bridgehead atoms. The molecule has 0 saturated carbocycles. The number of methoxy groups -OCH3 is 1. The Morgan fingerprint density at radius 2 is 2.19 bits per heavy atom. The number of nitrogens with zero attached hydrogens (tertiary/aromatic N) is 2. The number of sulfonamides is 1. The Bertz CT molecular complexity index is 825. The first-order valence-electron chi connectivity index (χ1n) is 5.61. The zero-order chi connectivity index (χ0) is 15.6. The number of thiazole rings is 1. The number of halogens is 1. The van der Waals surface area contributed by atoms with Crippen LogP contribution >= 0.6 is 22.9 Å². The molecule has 110 valence electrons. The van der Waals surface area contributed by atoms with Crippen LogP contribution in [-0.2, 0) is 10.0 Å².